The van der Waals surface area contributed by atoms with E-state index in [1.165, 1.54) is 30.5 Å². The van der Waals surface area contributed by atoms with Crippen LogP contribution in [0.2, 0.25) is 0 Å². The van der Waals surface area contributed by atoms with E-state index < -0.39 is 10.0 Å². The number of likely N-dealkylation sites (N-methyl/N-ethyl adjacent to an activating group) is 1. The number of hydrogen-bond acceptors (Lipinski definition) is 7. The quantitative estimate of drug-likeness (QED) is 0.515. The number of piperazine rings is 1. The van der Waals surface area contributed by atoms with Gasteiger partial charge in [-0.25, -0.2) is 12.7 Å². The summed E-state index contributed by atoms with van der Waals surface area (Å²) < 4.78 is 32.9. The van der Waals surface area contributed by atoms with Crippen molar-refractivity contribution in [2.45, 2.75) is 69.0 Å². The summed E-state index contributed by atoms with van der Waals surface area (Å²) in [5.74, 6) is 0.558. The minimum absolute atomic E-state index is 0.0762. The molecule has 1 saturated carbocycles. The van der Waals surface area contributed by atoms with Crippen LogP contribution in [0.25, 0.3) is 0 Å². The predicted molar refractivity (Wildman–Crippen MR) is 146 cm³/mol. The summed E-state index contributed by atoms with van der Waals surface area (Å²) in [7, 11) is 1.60. The van der Waals surface area contributed by atoms with Crippen molar-refractivity contribution < 1.29 is 17.9 Å². The average molecular weight is 536 g/mol. The summed E-state index contributed by atoms with van der Waals surface area (Å²) in [5, 5.41) is 3.16. The Labute approximate surface area is 223 Å². The van der Waals surface area contributed by atoms with Gasteiger partial charge in [0.2, 0.25) is 15.9 Å². The van der Waals surface area contributed by atoms with Crippen LogP contribution in [0.15, 0.2) is 17.0 Å². The second-order valence-corrected chi connectivity index (χ2v) is 13.2. The Bertz CT molecular complexity index is 1020. The van der Waals surface area contributed by atoms with Crippen LogP contribution < -0.4 is 10.1 Å². The molecule has 2 saturated heterocycles. The van der Waals surface area contributed by atoms with E-state index in [0.717, 1.165) is 44.8 Å². The first-order valence-corrected chi connectivity index (χ1v) is 15.1. The van der Waals surface area contributed by atoms with Crippen LogP contribution in [0.5, 0.6) is 5.75 Å². The van der Waals surface area contributed by atoms with Gasteiger partial charge in [-0.3, -0.25) is 14.6 Å². The van der Waals surface area contributed by atoms with Gasteiger partial charge >= 0.3 is 0 Å². The summed E-state index contributed by atoms with van der Waals surface area (Å²) in [5.41, 5.74) is 1.28. The fraction of sp³-hybridized carbons (Fsp3) is 0.741. The Morgan fingerprint density at radius 3 is 2.05 bits per heavy atom. The highest BCUT2D eigenvalue weighted by Crippen LogP contribution is 2.28. The molecular weight excluding hydrogens is 490 g/mol. The topological polar surface area (TPSA) is 85.4 Å². The van der Waals surface area contributed by atoms with Crippen molar-refractivity contribution in [3.8, 4) is 5.75 Å². The molecule has 1 N–H and O–H groups in total. The number of likely N-dealkylation sites (tertiary alicyclic amines) is 1. The van der Waals surface area contributed by atoms with E-state index in [1.807, 2.05) is 0 Å². The molecule has 0 unspecified atom stereocenters. The summed E-state index contributed by atoms with van der Waals surface area (Å²) in [6, 6.07) is 5.00. The molecule has 1 aromatic rings. The van der Waals surface area contributed by atoms with E-state index in [1.54, 1.807) is 40.1 Å². The van der Waals surface area contributed by atoms with Crippen molar-refractivity contribution in [1.82, 2.24) is 24.3 Å². The van der Waals surface area contributed by atoms with Gasteiger partial charge < -0.3 is 15.0 Å². The number of benzene rings is 1. The molecule has 0 bridgehead atoms. The van der Waals surface area contributed by atoms with Crippen LogP contribution in [0.4, 0.5) is 0 Å². The zero-order valence-electron chi connectivity index (χ0n) is 23.2. The van der Waals surface area contributed by atoms with Gasteiger partial charge in [0.05, 0.1) is 12.0 Å². The molecule has 2 heterocycles. The van der Waals surface area contributed by atoms with E-state index in [0.29, 0.717) is 22.9 Å². The van der Waals surface area contributed by atoms with E-state index >= 15 is 0 Å². The van der Waals surface area contributed by atoms with Crippen LogP contribution in [0.1, 0.15) is 43.2 Å². The number of sulfonamides is 1. The first-order valence-electron chi connectivity index (χ1n) is 13.7. The van der Waals surface area contributed by atoms with E-state index in [9.17, 15) is 13.2 Å². The molecule has 10 heteroatoms. The van der Waals surface area contributed by atoms with Crippen molar-refractivity contribution in [2.24, 2.45) is 0 Å². The second-order valence-electron chi connectivity index (χ2n) is 11.2. The Morgan fingerprint density at radius 1 is 1.00 bits per heavy atom. The lowest BCUT2D eigenvalue weighted by Crippen LogP contribution is -2.62. The fourth-order valence-electron chi connectivity index (χ4n) is 6.22. The number of carbonyl (C=O) groups is 1. The van der Waals surface area contributed by atoms with Crippen LogP contribution in [-0.4, -0.2) is 118 Å². The zero-order valence-corrected chi connectivity index (χ0v) is 24.0. The normalized spacial score (nSPS) is 24.7. The molecule has 1 aromatic carbocycles. The number of aryl methyl sites for hydroxylation is 2. The lowest BCUT2D eigenvalue weighted by atomic mass is 9.89. The Hall–Kier alpha value is -1.72. The first kappa shape index (κ1) is 28.3. The standard InChI is InChI=1S/C27H45N5O4S/c1-20-16-25(36-5)17-21(2)27(20)37(34,35)30(4)11-10-26(33)28-22-6-8-23(9-7-22)31-12-14-32(15-13-31)24-18-29(3)19-24/h16-17,22-24H,6-15,18-19H2,1-5H3,(H,28,33). The largest absolute Gasteiger partial charge is 0.497 e. The number of carbonyl (C=O) groups excluding carboxylic acids is 1. The fourth-order valence-corrected chi connectivity index (χ4v) is 7.80. The maximum absolute atomic E-state index is 13.2. The van der Waals surface area contributed by atoms with E-state index in [4.69, 9.17) is 4.74 Å². The van der Waals surface area contributed by atoms with Gasteiger partial charge in [0, 0.05) is 77.4 Å². The van der Waals surface area contributed by atoms with Gasteiger partial charge in [0.25, 0.3) is 0 Å². The third-order valence-corrected chi connectivity index (χ3v) is 10.6. The van der Waals surface area contributed by atoms with E-state index in [2.05, 4.69) is 27.1 Å². The SMILES string of the molecule is COc1cc(C)c(S(=O)(=O)N(C)CCC(=O)NC2CCC(N3CCN(C4CN(C)C4)CC3)CC2)c(C)c1. The Morgan fingerprint density at radius 2 is 1.54 bits per heavy atom. The van der Waals surface area contributed by atoms with Crippen molar-refractivity contribution in [3.63, 3.8) is 0 Å². The summed E-state index contributed by atoms with van der Waals surface area (Å²) in [6.45, 7) is 10.7. The van der Waals surface area contributed by atoms with Crippen LogP contribution >= 0.6 is 0 Å². The number of amides is 1. The Balaban J connectivity index is 1.19. The molecule has 2 aliphatic heterocycles. The first-order chi connectivity index (χ1) is 17.6. The van der Waals surface area contributed by atoms with Gasteiger partial charge in [-0.05, 0) is 69.8 Å². The highest BCUT2D eigenvalue weighted by molar-refractivity contribution is 7.89. The molecule has 1 aliphatic carbocycles. The van der Waals surface area contributed by atoms with Gasteiger partial charge in [-0.1, -0.05) is 0 Å². The number of nitrogens with one attached hydrogen (secondary N) is 1. The molecule has 208 valence electrons. The lowest BCUT2D eigenvalue weighted by Gasteiger charge is -2.48. The summed E-state index contributed by atoms with van der Waals surface area (Å²) >= 11 is 0. The van der Waals surface area contributed by atoms with Crippen molar-refractivity contribution >= 4 is 15.9 Å². The molecular formula is C27H45N5O4S. The molecule has 1 amide bonds. The summed E-state index contributed by atoms with van der Waals surface area (Å²) in [6.07, 6.45) is 4.36. The lowest BCUT2D eigenvalue weighted by molar-refractivity contribution is -0.122. The monoisotopic (exact) mass is 535 g/mol. The van der Waals surface area contributed by atoms with Crippen molar-refractivity contribution in [3.05, 3.63) is 23.3 Å². The molecule has 37 heavy (non-hydrogen) atoms. The third kappa shape index (κ3) is 6.65. The number of hydrogen-bond donors (Lipinski definition) is 1. The van der Waals surface area contributed by atoms with Crippen LogP contribution in [0.3, 0.4) is 0 Å². The molecule has 9 nitrogen and oxygen atoms in total. The highest BCUT2D eigenvalue weighted by Gasteiger charge is 2.34. The van der Waals surface area contributed by atoms with E-state index in [-0.39, 0.29) is 29.8 Å². The van der Waals surface area contributed by atoms with Crippen LogP contribution in [-0.2, 0) is 14.8 Å². The minimum atomic E-state index is -3.70. The smallest absolute Gasteiger partial charge is 0.243 e. The van der Waals surface area contributed by atoms with Gasteiger partial charge in [-0.2, -0.15) is 0 Å². The summed E-state index contributed by atoms with van der Waals surface area (Å²) in [4.78, 5) is 20.6. The van der Waals surface area contributed by atoms with Crippen molar-refractivity contribution in [1.29, 1.82) is 0 Å². The Kier molecular flexibility index (Phi) is 9.17. The molecule has 0 aromatic heterocycles. The van der Waals surface area contributed by atoms with Gasteiger partial charge in [-0.15, -0.1) is 0 Å². The van der Waals surface area contributed by atoms with Crippen LogP contribution in [0, 0.1) is 13.8 Å². The number of rotatable bonds is 9. The molecule has 0 radical (unpaired) electrons. The number of methoxy groups -OCH3 is 1. The van der Waals surface area contributed by atoms with Gasteiger partial charge in [0.15, 0.2) is 0 Å². The minimum Gasteiger partial charge on any atom is -0.497 e. The third-order valence-electron chi connectivity index (χ3n) is 8.48. The maximum Gasteiger partial charge on any atom is 0.243 e. The maximum atomic E-state index is 13.2. The second kappa shape index (κ2) is 12.0. The highest BCUT2D eigenvalue weighted by atomic mass is 32.2. The van der Waals surface area contributed by atoms with Crippen molar-refractivity contribution in [2.75, 3.05) is 67.0 Å². The predicted octanol–water partition coefficient (Wildman–Crippen LogP) is 1.68. The number of nitrogens with zero attached hydrogens (tertiary/aromatic N) is 4. The average Bonchev–Trinajstić information content (AvgIpc) is 2.85. The molecule has 4 rings (SSSR count). The molecule has 3 aliphatic rings. The number of ether oxygens (including phenoxy) is 1. The molecule has 3 fully saturated rings. The molecule has 0 atom stereocenters. The molecule has 0 spiro atoms. The zero-order chi connectivity index (χ0) is 26.7. The van der Waals surface area contributed by atoms with Gasteiger partial charge in [0.1, 0.15) is 5.75 Å².